The van der Waals surface area contributed by atoms with Crippen molar-refractivity contribution >= 4 is 22.9 Å². The van der Waals surface area contributed by atoms with E-state index >= 15 is 0 Å². The summed E-state index contributed by atoms with van der Waals surface area (Å²) in [6.45, 7) is 9.08. The maximum atomic E-state index is 2.42. The molecule has 0 fully saturated rings. The summed E-state index contributed by atoms with van der Waals surface area (Å²) in [7, 11) is 0. The monoisotopic (exact) mass is 305 g/mol. The summed E-state index contributed by atoms with van der Waals surface area (Å²) < 4.78 is 2.33. The van der Waals surface area contributed by atoms with Crippen LogP contribution < -0.4 is 0 Å². The summed E-state index contributed by atoms with van der Waals surface area (Å²) >= 11 is 2.42. The molecule has 0 spiro atoms. The third-order valence-electron chi connectivity index (χ3n) is 2.21. The zero-order chi connectivity index (χ0) is 10.7. The topological polar surface area (TPSA) is 4.93 Å². The van der Waals surface area contributed by atoms with Gasteiger partial charge in [0.25, 0.3) is 0 Å². The highest BCUT2D eigenvalue weighted by atomic mass is 127. The van der Waals surface area contributed by atoms with Gasteiger partial charge in [-0.3, -0.25) is 2.78 Å². The lowest BCUT2D eigenvalue weighted by Crippen LogP contribution is -2.02. The maximum absolute atomic E-state index is 2.42. The molecule has 1 rings (SSSR count). The number of halogens is 1. The number of hydrogen-bond acceptors (Lipinski definition) is 0. The van der Waals surface area contributed by atoms with Gasteiger partial charge in [0.15, 0.2) is 0 Å². The lowest BCUT2D eigenvalue weighted by atomic mass is 10.1. The first-order valence-corrected chi connectivity index (χ1v) is 6.32. The smallest absolute Gasteiger partial charge is 0.0639 e. The van der Waals surface area contributed by atoms with Crippen LogP contribution in [-0.4, -0.2) is 2.78 Å². The van der Waals surface area contributed by atoms with Crippen molar-refractivity contribution < 1.29 is 0 Å². The van der Waals surface area contributed by atoms with Crippen LogP contribution in [0.4, 0.5) is 0 Å². The highest BCUT2D eigenvalue weighted by Crippen LogP contribution is 2.19. The van der Waals surface area contributed by atoms with Gasteiger partial charge >= 0.3 is 0 Å². The molecule has 14 heavy (non-hydrogen) atoms. The lowest BCUT2D eigenvalue weighted by Gasteiger charge is -2.09. The molecular formula is C12H20IN. The second kappa shape index (κ2) is 5.19. The average Bonchev–Trinajstić information content (AvgIpc) is 2.34. The summed E-state index contributed by atoms with van der Waals surface area (Å²) in [6.07, 6.45) is 2.36. The number of rotatable bonds is 4. The fourth-order valence-corrected chi connectivity index (χ4v) is 2.36. The Balaban J connectivity index is 2.75. The van der Waals surface area contributed by atoms with Crippen molar-refractivity contribution in [1.29, 1.82) is 0 Å². The minimum absolute atomic E-state index is 0.741. The van der Waals surface area contributed by atoms with Crippen molar-refractivity contribution in [3.8, 4) is 0 Å². The molecule has 0 amide bonds. The van der Waals surface area contributed by atoms with Gasteiger partial charge in [0.2, 0.25) is 0 Å². The number of aromatic nitrogens is 1. The van der Waals surface area contributed by atoms with Gasteiger partial charge in [0, 0.05) is 11.4 Å². The van der Waals surface area contributed by atoms with Gasteiger partial charge < -0.3 is 0 Å². The third kappa shape index (κ3) is 3.30. The van der Waals surface area contributed by atoms with E-state index in [4.69, 9.17) is 0 Å². The molecule has 0 bridgehead atoms. The Hall–Kier alpha value is 0.0100. The standard InChI is InChI=1S/C12H20IN/c1-9(2)7-11-5-6-12(14(11)13)8-10(3)4/h5-6,9-10H,7-8H2,1-4H3. The van der Waals surface area contributed by atoms with E-state index in [-0.39, 0.29) is 0 Å². The molecule has 0 N–H and O–H groups in total. The fourth-order valence-electron chi connectivity index (χ4n) is 1.64. The molecule has 1 aromatic heterocycles. The summed E-state index contributed by atoms with van der Waals surface area (Å²) in [6, 6.07) is 4.54. The van der Waals surface area contributed by atoms with Crippen molar-refractivity contribution in [2.45, 2.75) is 40.5 Å². The zero-order valence-corrected chi connectivity index (χ0v) is 11.7. The van der Waals surface area contributed by atoms with Crippen LogP contribution in [0.3, 0.4) is 0 Å². The molecule has 0 aromatic carbocycles. The van der Waals surface area contributed by atoms with E-state index < -0.39 is 0 Å². The summed E-state index contributed by atoms with van der Waals surface area (Å²) in [5.41, 5.74) is 2.91. The molecule has 0 atom stereocenters. The van der Waals surface area contributed by atoms with Crippen LogP contribution in [0.2, 0.25) is 0 Å². The Bertz CT molecular complexity index is 259. The van der Waals surface area contributed by atoms with E-state index in [0.29, 0.717) is 0 Å². The van der Waals surface area contributed by atoms with Gasteiger partial charge in [-0.15, -0.1) is 0 Å². The summed E-state index contributed by atoms with van der Waals surface area (Å²) in [4.78, 5) is 0. The largest absolute Gasteiger partial charge is 0.291 e. The average molecular weight is 305 g/mol. The van der Waals surface area contributed by atoms with E-state index in [1.807, 2.05) is 0 Å². The molecule has 2 heteroatoms. The normalized spacial score (nSPS) is 11.6. The molecule has 1 nitrogen and oxygen atoms in total. The van der Waals surface area contributed by atoms with E-state index in [0.717, 1.165) is 11.8 Å². The summed E-state index contributed by atoms with van der Waals surface area (Å²) in [5.74, 6) is 1.48. The Morgan fingerprint density at radius 1 is 1.00 bits per heavy atom. The molecular weight excluding hydrogens is 285 g/mol. The van der Waals surface area contributed by atoms with Gasteiger partial charge in [-0.2, -0.15) is 0 Å². The van der Waals surface area contributed by atoms with E-state index in [9.17, 15) is 0 Å². The Morgan fingerprint density at radius 3 is 1.64 bits per heavy atom. The van der Waals surface area contributed by atoms with Gasteiger partial charge in [-0.05, 0) is 36.8 Å². The predicted molar refractivity (Wildman–Crippen MR) is 70.9 cm³/mol. The van der Waals surface area contributed by atoms with Gasteiger partial charge in [0.05, 0.1) is 22.9 Å². The lowest BCUT2D eigenvalue weighted by molar-refractivity contribution is 0.618. The van der Waals surface area contributed by atoms with Gasteiger partial charge in [-0.25, -0.2) is 0 Å². The molecule has 0 saturated carbocycles. The number of hydrogen-bond donors (Lipinski definition) is 0. The highest BCUT2D eigenvalue weighted by Gasteiger charge is 2.08. The van der Waals surface area contributed by atoms with Crippen LogP contribution in [0.5, 0.6) is 0 Å². The van der Waals surface area contributed by atoms with Crippen molar-refractivity contribution in [2.75, 3.05) is 0 Å². The minimum atomic E-state index is 0.741. The molecule has 0 saturated heterocycles. The van der Waals surface area contributed by atoms with E-state index in [2.05, 4.69) is 65.5 Å². The van der Waals surface area contributed by atoms with Crippen LogP contribution in [0.25, 0.3) is 0 Å². The predicted octanol–water partition coefficient (Wildman–Crippen LogP) is 4.08. The van der Waals surface area contributed by atoms with E-state index in [1.54, 1.807) is 0 Å². The maximum Gasteiger partial charge on any atom is 0.0639 e. The third-order valence-corrected chi connectivity index (χ3v) is 3.45. The van der Waals surface area contributed by atoms with Crippen LogP contribution in [0.15, 0.2) is 12.1 Å². The highest BCUT2D eigenvalue weighted by molar-refractivity contribution is 14.1. The molecule has 0 aliphatic rings. The molecule has 1 aromatic rings. The first-order chi connectivity index (χ1) is 6.50. The van der Waals surface area contributed by atoms with E-state index in [1.165, 1.54) is 24.2 Å². The van der Waals surface area contributed by atoms with Gasteiger partial charge in [-0.1, -0.05) is 27.7 Å². The second-order valence-corrected chi connectivity index (χ2v) is 5.76. The quantitative estimate of drug-likeness (QED) is 0.739. The van der Waals surface area contributed by atoms with Crippen LogP contribution >= 0.6 is 22.9 Å². The van der Waals surface area contributed by atoms with Crippen molar-refractivity contribution in [3.63, 3.8) is 0 Å². The van der Waals surface area contributed by atoms with Crippen LogP contribution in [0.1, 0.15) is 39.1 Å². The number of nitrogens with zero attached hydrogens (tertiary/aromatic N) is 1. The van der Waals surface area contributed by atoms with Crippen molar-refractivity contribution in [1.82, 2.24) is 2.78 Å². The molecule has 0 aliphatic carbocycles. The molecule has 0 unspecified atom stereocenters. The second-order valence-electron chi connectivity index (χ2n) is 4.79. The fraction of sp³-hybridized carbons (Fsp3) is 0.667. The van der Waals surface area contributed by atoms with Crippen LogP contribution in [0, 0.1) is 11.8 Å². The molecule has 80 valence electrons. The molecule has 1 heterocycles. The first-order valence-electron chi connectivity index (χ1n) is 5.36. The molecule has 0 radical (unpaired) electrons. The SMILES string of the molecule is CC(C)Cc1ccc(CC(C)C)n1I. The van der Waals surface area contributed by atoms with Crippen molar-refractivity contribution in [3.05, 3.63) is 23.5 Å². The first kappa shape index (κ1) is 12.1. The minimum Gasteiger partial charge on any atom is -0.291 e. The molecule has 0 aliphatic heterocycles. The van der Waals surface area contributed by atoms with Gasteiger partial charge in [0.1, 0.15) is 0 Å². The van der Waals surface area contributed by atoms with Crippen LogP contribution in [-0.2, 0) is 12.8 Å². The summed E-state index contributed by atoms with van der Waals surface area (Å²) in [5, 5.41) is 0. The Kier molecular flexibility index (Phi) is 4.48. The Morgan fingerprint density at radius 2 is 1.36 bits per heavy atom. The zero-order valence-electron chi connectivity index (χ0n) is 9.55. The van der Waals surface area contributed by atoms with Crippen molar-refractivity contribution in [2.24, 2.45) is 11.8 Å². The Labute approximate surface area is 101 Å².